The minimum absolute atomic E-state index is 0.286. The van der Waals surface area contributed by atoms with Crippen LogP contribution >= 0.6 is 0 Å². The molecule has 0 fully saturated rings. The first-order valence-corrected chi connectivity index (χ1v) is 8.59. The zero-order chi connectivity index (χ0) is 15.9. The first kappa shape index (κ1) is 20.2. The van der Waals surface area contributed by atoms with Crippen molar-refractivity contribution in [1.82, 2.24) is 4.90 Å². The summed E-state index contributed by atoms with van der Waals surface area (Å²) in [5.41, 5.74) is 0.469. The van der Waals surface area contributed by atoms with Gasteiger partial charge in [-0.15, -0.1) is 0 Å². The summed E-state index contributed by atoms with van der Waals surface area (Å²) in [4.78, 5) is 13.4. The molecular formula is C18H35NO2. The fraction of sp³-hybridized carbons (Fsp3) is 0.833. The third-order valence-electron chi connectivity index (χ3n) is 3.70. The molecule has 0 aliphatic carbocycles. The lowest BCUT2D eigenvalue weighted by atomic mass is 10.1. The number of likely N-dealkylation sites (N-methyl/N-ethyl adjacent to an activating group) is 1. The van der Waals surface area contributed by atoms with Crippen molar-refractivity contribution in [2.24, 2.45) is 0 Å². The van der Waals surface area contributed by atoms with Gasteiger partial charge in [0.1, 0.15) is 6.61 Å². The fourth-order valence-corrected chi connectivity index (χ4v) is 2.22. The summed E-state index contributed by atoms with van der Waals surface area (Å²) in [6.45, 7) is 9.84. The van der Waals surface area contributed by atoms with Crippen molar-refractivity contribution >= 4 is 5.97 Å². The Balaban J connectivity index is 3.28. The van der Waals surface area contributed by atoms with Crippen molar-refractivity contribution in [3.8, 4) is 0 Å². The molecule has 21 heavy (non-hydrogen) atoms. The number of rotatable bonds is 14. The van der Waals surface area contributed by atoms with Crippen LogP contribution in [0.1, 0.15) is 71.6 Å². The van der Waals surface area contributed by atoms with Crippen molar-refractivity contribution in [3.63, 3.8) is 0 Å². The molecule has 3 nitrogen and oxygen atoms in total. The highest BCUT2D eigenvalue weighted by Gasteiger charge is 2.04. The standard InChI is InChI=1S/C18H35NO2/c1-5-6-7-8-9-10-11-12-13-14-19(4)15-16-21-18(20)17(2)3/h2,5-16H2,1,3-4H3. The normalized spacial score (nSPS) is 10.9. The molecule has 0 aliphatic rings. The van der Waals surface area contributed by atoms with Crippen LogP contribution in [0.15, 0.2) is 12.2 Å². The first-order valence-electron chi connectivity index (χ1n) is 8.59. The SMILES string of the molecule is C=C(C)C(=O)OCCN(C)CCCCCCCCCCC. The Bertz CT molecular complexity index is 276. The fourth-order valence-electron chi connectivity index (χ4n) is 2.22. The molecule has 0 atom stereocenters. The second kappa shape index (κ2) is 14.1. The average molecular weight is 297 g/mol. The number of carbonyl (C=O) groups is 1. The van der Waals surface area contributed by atoms with E-state index in [1.807, 2.05) is 0 Å². The molecule has 0 aromatic carbocycles. The van der Waals surface area contributed by atoms with E-state index in [0.717, 1.165) is 13.1 Å². The molecule has 0 bridgehead atoms. The average Bonchev–Trinajstić information content (AvgIpc) is 2.45. The summed E-state index contributed by atoms with van der Waals surface area (Å²) >= 11 is 0. The third-order valence-corrected chi connectivity index (χ3v) is 3.70. The summed E-state index contributed by atoms with van der Waals surface area (Å²) in [5.74, 6) is -0.286. The van der Waals surface area contributed by atoms with Gasteiger partial charge in [-0.1, -0.05) is 64.9 Å². The van der Waals surface area contributed by atoms with Gasteiger partial charge in [-0.3, -0.25) is 0 Å². The summed E-state index contributed by atoms with van der Waals surface area (Å²) in [6.07, 6.45) is 12.2. The van der Waals surface area contributed by atoms with Crippen molar-refractivity contribution in [2.45, 2.75) is 71.6 Å². The topological polar surface area (TPSA) is 29.5 Å². The lowest BCUT2D eigenvalue weighted by molar-refractivity contribution is -0.139. The lowest BCUT2D eigenvalue weighted by Crippen LogP contribution is -2.25. The van der Waals surface area contributed by atoms with Crippen LogP contribution in [0.5, 0.6) is 0 Å². The van der Waals surface area contributed by atoms with Crippen molar-refractivity contribution in [1.29, 1.82) is 0 Å². The Morgan fingerprint density at radius 3 is 2.00 bits per heavy atom. The molecule has 0 saturated heterocycles. The van der Waals surface area contributed by atoms with Crippen LogP contribution in [-0.4, -0.2) is 37.6 Å². The molecule has 0 rings (SSSR count). The molecule has 0 radical (unpaired) electrons. The van der Waals surface area contributed by atoms with E-state index in [1.165, 1.54) is 57.8 Å². The van der Waals surface area contributed by atoms with Gasteiger partial charge in [0.2, 0.25) is 0 Å². The van der Waals surface area contributed by atoms with Gasteiger partial charge >= 0.3 is 5.97 Å². The Hall–Kier alpha value is -0.830. The number of hydrogen-bond donors (Lipinski definition) is 0. The molecule has 3 heteroatoms. The van der Waals surface area contributed by atoms with Crippen LogP contribution in [0.4, 0.5) is 0 Å². The van der Waals surface area contributed by atoms with Crippen LogP contribution in [-0.2, 0) is 9.53 Å². The van der Waals surface area contributed by atoms with Crippen LogP contribution in [0.3, 0.4) is 0 Å². The summed E-state index contributed by atoms with van der Waals surface area (Å²) in [5, 5.41) is 0. The molecule has 0 N–H and O–H groups in total. The summed E-state index contributed by atoms with van der Waals surface area (Å²) in [6, 6.07) is 0. The molecule has 124 valence electrons. The van der Waals surface area contributed by atoms with Crippen LogP contribution in [0, 0.1) is 0 Å². The van der Waals surface area contributed by atoms with Gasteiger partial charge in [-0.05, 0) is 26.9 Å². The van der Waals surface area contributed by atoms with E-state index < -0.39 is 0 Å². The maximum absolute atomic E-state index is 11.2. The van der Waals surface area contributed by atoms with Gasteiger partial charge < -0.3 is 9.64 Å². The summed E-state index contributed by atoms with van der Waals surface area (Å²) < 4.78 is 5.09. The first-order chi connectivity index (χ1) is 10.1. The minimum Gasteiger partial charge on any atom is -0.461 e. The molecule has 0 heterocycles. The van der Waals surface area contributed by atoms with Crippen molar-refractivity contribution in [2.75, 3.05) is 26.7 Å². The second-order valence-corrected chi connectivity index (χ2v) is 6.05. The molecular weight excluding hydrogens is 262 g/mol. The molecule has 0 unspecified atom stereocenters. The van der Waals surface area contributed by atoms with Crippen LogP contribution < -0.4 is 0 Å². The highest BCUT2D eigenvalue weighted by Crippen LogP contribution is 2.09. The van der Waals surface area contributed by atoms with E-state index in [2.05, 4.69) is 25.5 Å². The largest absolute Gasteiger partial charge is 0.461 e. The monoisotopic (exact) mass is 297 g/mol. The van der Waals surface area contributed by atoms with E-state index in [4.69, 9.17) is 4.74 Å². The third kappa shape index (κ3) is 13.9. The van der Waals surface area contributed by atoms with Crippen LogP contribution in [0.25, 0.3) is 0 Å². The van der Waals surface area contributed by atoms with E-state index >= 15 is 0 Å². The molecule has 0 spiro atoms. The van der Waals surface area contributed by atoms with Gasteiger partial charge in [0.15, 0.2) is 0 Å². The van der Waals surface area contributed by atoms with Gasteiger partial charge in [0.25, 0.3) is 0 Å². The highest BCUT2D eigenvalue weighted by molar-refractivity contribution is 5.86. The van der Waals surface area contributed by atoms with E-state index in [1.54, 1.807) is 6.92 Å². The smallest absolute Gasteiger partial charge is 0.333 e. The molecule has 0 aromatic heterocycles. The van der Waals surface area contributed by atoms with E-state index in [9.17, 15) is 4.79 Å². The Kier molecular flexibility index (Phi) is 13.6. The van der Waals surface area contributed by atoms with Gasteiger partial charge in [-0.25, -0.2) is 4.79 Å². The highest BCUT2D eigenvalue weighted by atomic mass is 16.5. The van der Waals surface area contributed by atoms with E-state index in [0.29, 0.717) is 12.2 Å². The van der Waals surface area contributed by atoms with E-state index in [-0.39, 0.29) is 5.97 Å². The van der Waals surface area contributed by atoms with Crippen molar-refractivity contribution in [3.05, 3.63) is 12.2 Å². The predicted octanol–water partition coefficient (Wildman–Crippen LogP) is 4.57. The molecule has 0 aliphatic heterocycles. The zero-order valence-corrected chi connectivity index (χ0v) is 14.5. The van der Waals surface area contributed by atoms with Gasteiger partial charge in [0.05, 0.1) is 0 Å². The molecule has 0 amide bonds. The van der Waals surface area contributed by atoms with Gasteiger partial charge in [-0.2, -0.15) is 0 Å². The number of unbranched alkanes of at least 4 members (excludes halogenated alkanes) is 8. The Labute approximate surface area is 131 Å². The number of esters is 1. The summed E-state index contributed by atoms with van der Waals surface area (Å²) in [7, 11) is 2.08. The van der Waals surface area contributed by atoms with Gasteiger partial charge in [0, 0.05) is 12.1 Å². The quantitative estimate of drug-likeness (QED) is 0.267. The predicted molar refractivity (Wildman–Crippen MR) is 90.5 cm³/mol. The number of nitrogens with zero attached hydrogens (tertiary/aromatic N) is 1. The minimum atomic E-state index is -0.286. The molecule has 0 saturated carbocycles. The molecule has 0 aromatic rings. The number of ether oxygens (including phenoxy) is 1. The lowest BCUT2D eigenvalue weighted by Gasteiger charge is -2.16. The Morgan fingerprint density at radius 2 is 1.48 bits per heavy atom. The number of carbonyl (C=O) groups excluding carboxylic acids is 1. The number of hydrogen-bond acceptors (Lipinski definition) is 3. The Morgan fingerprint density at radius 1 is 0.952 bits per heavy atom. The zero-order valence-electron chi connectivity index (χ0n) is 14.5. The maximum atomic E-state index is 11.2. The second-order valence-electron chi connectivity index (χ2n) is 6.05. The van der Waals surface area contributed by atoms with Crippen LogP contribution in [0.2, 0.25) is 0 Å². The maximum Gasteiger partial charge on any atom is 0.333 e. The van der Waals surface area contributed by atoms with Crippen molar-refractivity contribution < 1.29 is 9.53 Å².